The average molecular weight is 223 g/mol. The van der Waals surface area contributed by atoms with Gasteiger partial charge >= 0.3 is 0 Å². The third-order valence-corrected chi connectivity index (χ3v) is 2.80. The fourth-order valence-corrected chi connectivity index (χ4v) is 1.57. The SMILES string of the molecule is CCc1ccc(CC(O)C(C)COC)nc1. The Hall–Kier alpha value is -0.930. The molecule has 1 aromatic rings. The molecule has 0 aliphatic carbocycles. The normalized spacial score (nSPS) is 14.8. The van der Waals surface area contributed by atoms with Gasteiger partial charge in [-0.25, -0.2) is 0 Å². The van der Waals surface area contributed by atoms with E-state index in [1.807, 2.05) is 19.2 Å². The molecule has 0 bridgehead atoms. The van der Waals surface area contributed by atoms with Gasteiger partial charge in [0, 0.05) is 31.3 Å². The van der Waals surface area contributed by atoms with Crippen LogP contribution in [0.25, 0.3) is 0 Å². The van der Waals surface area contributed by atoms with Crippen molar-refractivity contribution in [3.8, 4) is 0 Å². The van der Waals surface area contributed by atoms with Gasteiger partial charge in [0.1, 0.15) is 0 Å². The topological polar surface area (TPSA) is 42.4 Å². The minimum atomic E-state index is -0.389. The van der Waals surface area contributed by atoms with Crippen LogP contribution in [-0.4, -0.2) is 29.9 Å². The lowest BCUT2D eigenvalue weighted by molar-refractivity contribution is 0.0569. The van der Waals surface area contributed by atoms with Crippen molar-refractivity contribution in [3.63, 3.8) is 0 Å². The average Bonchev–Trinajstić information content (AvgIpc) is 2.30. The summed E-state index contributed by atoms with van der Waals surface area (Å²) < 4.78 is 5.02. The van der Waals surface area contributed by atoms with Crippen molar-refractivity contribution in [1.29, 1.82) is 0 Å². The second-order valence-electron chi connectivity index (χ2n) is 4.22. The molecular weight excluding hydrogens is 202 g/mol. The van der Waals surface area contributed by atoms with E-state index in [1.54, 1.807) is 7.11 Å². The highest BCUT2D eigenvalue weighted by atomic mass is 16.5. The largest absolute Gasteiger partial charge is 0.392 e. The van der Waals surface area contributed by atoms with Crippen LogP contribution in [0.15, 0.2) is 18.3 Å². The third kappa shape index (κ3) is 3.91. The maximum absolute atomic E-state index is 9.91. The van der Waals surface area contributed by atoms with E-state index in [1.165, 1.54) is 5.56 Å². The molecule has 16 heavy (non-hydrogen) atoms. The maximum atomic E-state index is 9.91. The molecule has 90 valence electrons. The molecule has 0 saturated heterocycles. The molecule has 1 aromatic heterocycles. The highest BCUT2D eigenvalue weighted by Crippen LogP contribution is 2.10. The summed E-state index contributed by atoms with van der Waals surface area (Å²) in [5.41, 5.74) is 2.16. The molecule has 0 aromatic carbocycles. The Morgan fingerprint density at radius 2 is 2.19 bits per heavy atom. The summed E-state index contributed by atoms with van der Waals surface area (Å²) in [7, 11) is 1.65. The van der Waals surface area contributed by atoms with Gasteiger partial charge in [0.15, 0.2) is 0 Å². The Bertz CT molecular complexity index is 297. The number of aliphatic hydroxyl groups is 1. The number of hydrogen-bond donors (Lipinski definition) is 1. The van der Waals surface area contributed by atoms with Gasteiger partial charge in [0.2, 0.25) is 0 Å². The van der Waals surface area contributed by atoms with E-state index in [-0.39, 0.29) is 12.0 Å². The molecule has 1 N–H and O–H groups in total. The quantitative estimate of drug-likeness (QED) is 0.800. The smallest absolute Gasteiger partial charge is 0.0643 e. The first-order valence-corrected chi connectivity index (χ1v) is 5.78. The molecule has 0 spiro atoms. The van der Waals surface area contributed by atoms with Gasteiger partial charge in [0.25, 0.3) is 0 Å². The van der Waals surface area contributed by atoms with Crippen LogP contribution in [0.3, 0.4) is 0 Å². The number of hydrogen-bond acceptors (Lipinski definition) is 3. The standard InChI is InChI=1S/C13H21NO2/c1-4-11-5-6-12(14-8-11)7-13(15)10(2)9-16-3/h5-6,8,10,13,15H,4,7,9H2,1-3H3. The second kappa shape index (κ2) is 6.61. The summed E-state index contributed by atoms with van der Waals surface area (Å²) in [6, 6.07) is 4.05. The van der Waals surface area contributed by atoms with E-state index in [2.05, 4.69) is 18.0 Å². The van der Waals surface area contributed by atoms with Crippen LogP contribution < -0.4 is 0 Å². The van der Waals surface area contributed by atoms with Crippen LogP contribution in [-0.2, 0) is 17.6 Å². The zero-order valence-corrected chi connectivity index (χ0v) is 10.3. The first-order valence-electron chi connectivity index (χ1n) is 5.78. The van der Waals surface area contributed by atoms with Crippen molar-refractivity contribution in [3.05, 3.63) is 29.6 Å². The minimum Gasteiger partial charge on any atom is -0.392 e. The molecule has 2 atom stereocenters. The number of pyridine rings is 1. The first-order chi connectivity index (χ1) is 7.67. The van der Waals surface area contributed by atoms with Crippen LogP contribution in [0.5, 0.6) is 0 Å². The van der Waals surface area contributed by atoms with Crippen molar-refractivity contribution in [1.82, 2.24) is 4.98 Å². The van der Waals surface area contributed by atoms with Gasteiger partial charge in [-0.1, -0.05) is 19.9 Å². The molecular formula is C13H21NO2. The molecule has 0 radical (unpaired) electrons. The molecule has 0 aliphatic rings. The first kappa shape index (κ1) is 13.1. The third-order valence-electron chi connectivity index (χ3n) is 2.80. The zero-order valence-electron chi connectivity index (χ0n) is 10.3. The van der Waals surface area contributed by atoms with Gasteiger partial charge in [0.05, 0.1) is 12.7 Å². The van der Waals surface area contributed by atoms with E-state index in [9.17, 15) is 5.11 Å². The summed E-state index contributed by atoms with van der Waals surface area (Å²) in [6.45, 7) is 4.66. The molecule has 1 heterocycles. The molecule has 0 aliphatic heterocycles. The van der Waals surface area contributed by atoms with E-state index < -0.39 is 0 Å². The van der Waals surface area contributed by atoms with Crippen LogP contribution >= 0.6 is 0 Å². The van der Waals surface area contributed by atoms with Crippen LogP contribution in [0.2, 0.25) is 0 Å². The van der Waals surface area contributed by atoms with Gasteiger partial charge in [-0.15, -0.1) is 0 Å². The maximum Gasteiger partial charge on any atom is 0.0643 e. The number of aliphatic hydroxyl groups excluding tert-OH is 1. The Kier molecular flexibility index (Phi) is 5.43. The lowest BCUT2D eigenvalue weighted by Crippen LogP contribution is -2.24. The predicted molar refractivity (Wildman–Crippen MR) is 64.4 cm³/mol. The summed E-state index contributed by atoms with van der Waals surface area (Å²) in [5.74, 6) is 0.137. The fraction of sp³-hybridized carbons (Fsp3) is 0.615. The lowest BCUT2D eigenvalue weighted by atomic mass is 10.0. The van der Waals surface area contributed by atoms with Crippen molar-refractivity contribution >= 4 is 0 Å². The fourth-order valence-electron chi connectivity index (χ4n) is 1.57. The van der Waals surface area contributed by atoms with Gasteiger partial charge in [-0.3, -0.25) is 4.98 Å². The van der Waals surface area contributed by atoms with Crippen molar-refractivity contribution < 1.29 is 9.84 Å². The Morgan fingerprint density at radius 1 is 1.44 bits per heavy atom. The van der Waals surface area contributed by atoms with E-state index >= 15 is 0 Å². The molecule has 2 unspecified atom stereocenters. The molecule has 0 amide bonds. The molecule has 3 nitrogen and oxygen atoms in total. The number of aryl methyl sites for hydroxylation is 1. The summed E-state index contributed by atoms with van der Waals surface area (Å²) in [5, 5.41) is 9.91. The lowest BCUT2D eigenvalue weighted by Gasteiger charge is -2.17. The summed E-state index contributed by atoms with van der Waals surface area (Å²) >= 11 is 0. The number of nitrogens with zero attached hydrogens (tertiary/aromatic N) is 1. The second-order valence-corrected chi connectivity index (χ2v) is 4.22. The number of ether oxygens (including phenoxy) is 1. The van der Waals surface area contributed by atoms with E-state index in [4.69, 9.17) is 4.74 Å². The Balaban J connectivity index is 2.52. The Morgan fingerprint density at radius 3 is 2.69 bits per heavy atom. The van der Waals surface area contributed by atoms with E-state index in [0.29, 0.717) is 13.0 Å². The Labute approximate surface area is 97.5 Å². The summed E-state index contributed by atoms with van der Waals surface area (Å²) in [4.78, 5) is 4.33. The van der Waals surface area contributed by atoms with E-state index in [0.717, 1.165) is 12.1 Å². The summed E-state index contributed by atoms with van der Waals surface area (Å²) in [6.07, 6.45) is 3.08. The van der Waals surface area contributed by atoms with Crippen molar-refractivity contribution in [2.75, 3.05) is 13.7 Å². The molecule has 0 saturated carbocycles. The molecule has 3 heteroatoms. The van der Waals surface area contributed by atoms with Gasteiger partial charge in [-0.05, 0) is 18.1 Å². The van der Waals surface area contributed by atoms with Crippen LogP contribution in [0.4, 0.5) is 0 Å². The van der Waals surface area contributed by atoms with Gasteiger partial charge in [-0.2, -0.15) is 0 Å². The number of methoxy groups -OCH3 is 1. The number of rotatable bonds is 6. The van der Waals surface area contributed by atoms with Gasteiger partial charge < -0.3 is 9.84 Å². The minimum absolute atomic E-state index is 0.137. The highest BCUT2D eigenvalue weighted by Gasteiger charge is 2.14. The zero-order chi connectivity index (χ0) is 12.0. The van der Waals surface area contributed by atoms with Crippen molar-refractivity contribution in [2.45, 2.75) is 32.8 Å². The predicted octanol–water partition coefficient (Wildman–Crippen LogP) is 1.83. The highest BCUT2D eigenvalue weighted by molar-refractivity contribution is 5.14. The van der Waals surface area contributed by atoms with Crippen molar-refractivity contribution in [2.24, 2.45) is 5.92 Å². The molecule has 0 fully saturated rings. The number of aromatic nitrogens is 1. The van der Waals surface area contributed by atoms with Crippen LogP contribution in [0.1, 0.15) is 25.1 Å². The monoisotopic (exact) mass is 223 g/mol. The van der Waals surface area contributed by atoms with Crippen LogP contribution in [0, 0.1) is 5.92 Å². The molecule has 1 rings (SSSR count).